The largest absolute Gasteiger partial charge is 0.457 e. The normalized spacial score (nSPS) is 15.2. The number of ether oxygens (including phenoxy) is 1. The summed E-state index contributed by atoms with van der Waals surface area (Å²) in [6.07, 6.45) is 4.65. The fourth-order valence-corrected chi connectivity index (χ4v) is 5.54. The van der Waals surface area contributed by atoms with Crippen molar-refractivity contribution in [3.8, 4) is 0 Å². The van der Waals surface area contributed by atoms with Crippen LogP contribution in [0.15, 0.2) is 41.4 Å². The van der Waals surface area contributed by atoms with Gasteiger partial charge in [-0.25, -0.2) is 13.4 Å². The number of benzene rings is 1. The Morgan fingerprint density at radius 1 is 1.12 bits per heavy atom. The van der Waals surface area contributed by atoms with Crippen molar-refractivity contribution in [2.75, 3.05) is 13.1 Å². The lowest BCUT2D eigenvalue weighted by atomic mass is 10.2. The van der Waals surface area contributed by atoms with E-state index in [0.29, 0.717) is 31.0 Å². The molecule has 9 heteroatoms. The maximum Gasteiger partial charge on any atom is 0.310 e. The summed E-state index contributed by atoms with van der Waals surface area (Å²) in [7, 11) is -3.53. The van der Waals surface area contributed by atoms with E-state index in [2.05, 4.69) is 9.97 Å². The zero-order valence-corrected chi connectivity index (χ0v) is 19.3. The first-order chi connectivity index (χ1) is 15.4. The predicted octanol–water partition coefficient (Wildman–Crippen LogP) is 3.22. The molecule has 1 aromatic carbocycles. The first-order valence-electron chi connectivity index (χ1n) is 10.9. The van der Waals surface area contributed by atoms with Crippen LogP contribution in [0.5, 0.6) is 0 Å². The minimum atomic E-state index is -3.53. The molecule has 1 saturated heterocycles. The van der Waals surface area contributed by atoms with Crippen LogP contribution in [0, 0.1) is 6.92 Å². The second-order valence-corrected chi connectivity index (χ2v) is 9.97. The van der Waals surface area contributed by atoms with Gasteiger partial charge in [-0.1, -0.05) is 12.5 Å². The first-order valence-corrected chi connectivity index (χ1v) is 12.4. The quantitative estimate of drug-likeness (QED) is 0.507. The topological polar surface area (TPSA) is 94.4 Å². The summed E-state index contributed by atoms with van der Waals surface area (Å²) in [6, 6.07) is 8.75. The molecule has 1 fully saturated rings. The molecule has 3 heterocycles. The lowest BCUT2D eigenvalue weighted by molar-refractivity contribution is -0.144. The van der Waals surface area contributed by atoms with E-state index in [1.807, 2.05) is 30.5 Å². The van der Waals surface area contributed by atoms with Crippen LogP contribution in [-0.2, 0) is 39.1 Å². The van der Waals surface area contributed by atoms with Gasteiger partial charge in [-0.2, -0.15) is 4.31 Å². The van der Waals surface area contributed by atoms with Gasteiger partial charge in [0.2, 0.25) is 10.0 Å². The van der Waals surface area contributed by atoms with Gasteiger partial charge < -0.3 is 9.30 Å². The molecule has 0 spiro atoms. The number of carbonyl (C=O) groups excluding carboxylic acids is 1. The molecule has 0 bridgehead atoms. The molecule has 3 aromatic rings. The number of sulfonamides is 1. The van der Waals surface area contributed by atoms with Crippen LogP contribution in [-0.4, -0.2) is 46.3 Å². The van der Waals surface area contributed by atoms with Crippen LogP contribution in [0.1, 0.15) is 43.3 Å². The van der Waals surface area contributed by atoms with Gasteiger partial charge in [0.25, 0.3) is 0 Å². The van der Waals surface area contributed by atoms with Gasteiger partial charge in [0.05, 0.1) is 22.3 Å². The number of nitrogens with zero attached hydrogens (tertiary/aromatic N) is 4. The zero-order valence-electron chi connectivity index (χ0n) is 18.5. The summed E-state index contributed by atoms with van der Waals surface area (Å²) < 4.78 is 35.0. The summed E-state index contributed by atoms with van der Waals surface area (Å²) in [5.74, 6) is 0.226. The van der Waals surface area contributed by atoms with Crippen LogP contribution in [0.4, 0.5) is 0 Å². The molecule has 32 heavy (non-hydrogen) atoms. The third-order valence-electron chi connectivity index (χ3n) is 5.75. The highest BCUT2D eigenvalue weighted by Gasteiger charge is 2.26. The molecular formula is C23H28N4O4S. The van der Waals surface area contributed by atoms with Gasteiger partial charge in [0, 0.05) is 31.5 Å². The monoisotopic (exact) mass is 456 g/mol. The number of pyridine rings is 1. The van der Waals surface area contributed by atoms with Crippen LogP contribution in [0.3, 0.4) is 0 Å². The fourth-order valence-electron chi connectivity index (χ4n) is 4.00. The summed E-state index contributed by atoms with van der Waals surface area (Å²) in [6.45, 7) is 5.63. The average molecular weight is 457 g/mol. The van der Waals surface area contributed by atoms with E-state index in [1.165, 1.54) is 0 Å². The SMILES string of the molecule is CCn1c(COC(=O)Cc2ccc(C)nc2)nc2cc(S(=O)(=O)N3CCCCC3)ccc21. The highest BCUT2D eigenvalue weighted by atomic mass is 32.2. The Labute approximate surface area is 188 Å². The van der Waals surface area contributed by atoms with Gasteiger partial charge in [-0.3, -0.25) is 9.78 Å². The third-order valence-corrected chi connectivity index (χ3v) is 7.65. The van der Waals surface area contributed by atoms with Crippen molar-refractivity contribution in [3.05, 3.63) is 53.6 Å². The van der Waals surface area contributed by atoms with Crippen molar-refractivity contribution < 1.29 is 17.9 Å². The van der Waals surface area contributed by atoms with E-state index in [4.69, 9.17) is 4.74 Å². The Hall–Kier alpha value is -2.78. The van der Waals surface area contributed by atoms with Crippen LogP contribution >= 0.6 is 0 Å². The Bertz CT molecular complexity index is 1210. The number of carbonyl (C=O) groups is 1. The van der Waals surface area contributed by atoms with Crippen LogP contribution < -0.4 is 0 Å². The van der Waals surface area contributed by atoms with Gasteiger partial charge >= 0.3 is 5.97 Å². The third kappa shape index (κ3) is 4.68. The zero-order chi connectivity index (χ0) is 22.7. The lowest BCUT2D eigenvalue weighted by Gasteiger charge is -2.25. The standard InChI is InChI=1S/C23H28N4O4S/c1-3-27-21-10-9-19(32(29,30)26-11-5-4-6-12-26)14-20(21)25-22(27)16-31-23(28)13-18-8-7-17(2)24-15-18/h7-10,14-15H,3-6,11-13,16H2,1-2H3. The molecule has 2 aromatic heterocycles. The number of hydrogen-bond donors (Lipinski definition) is 0. The minimum Gasteiger partial charge on any atom is -0.457 e. The molecule has 0 atom stereocenters. The average Bonchev–Trinajstić information content (AvgIpc) is 3.16. The second kappa shape index (κ2) is 9.38. The van der Waals surface area contributed by atoms with E-state index in [-0.39, 0.29) is 23.9 Å². The summed E-state index contributed by atoms with van der Waals surface area (Å²) in [5, 5.41) is 0. The van der Waals surface area contributed by atoms with Crippen molar-refractivity contribution in [1.29, 1.82) is 0 Å². The van der Waals surface area contributed by atoms with Gasteiger partial charge in [-0.15, -0.1) is 0 Å². The molecular weight excluding hydrogens is 428 g/mol. The summed E-state index contributed by atoms with van der Waals surface area (Å²) >= 11 is 0. The number of esters is 1. The second-order valence-electron chi connectivity index (χ2n) is 8.03. The molecule has 8 nitrogen and oxygen atoms in total. The number of imidazole rings is 1. The van der Waals surface area contributed by atoms with Crippen LogP contribution in [0.2, 0.25) is 0 Å². The van der Waals surface area contributed by atoms with Crippen molar-refractivity contribution in [2.45, 2.75) is 57.6 Å². The van der Waals surface area contributed by atoms with E-state index in [0.717, 1.165) is 36.0 Å². The van der Waals surface area contributed by atoms with Gasteiger partial charge in [0.1, 0.15) is 12.4 Å². The Balaban J connectivity index is 1.52. The summed E-state index contributed by atoms with van der Waals surface area (Å²) in [4.78, 5) is 21.3. The van der Waals surface area contributed by atoms with Crippen molar-refractivity contribution in [2.24, 2.45) is 0 Å². The van der Waals surface area contributed by atoms with E-state index in [9.17, 15) is 13.2 Å². The van der Waals surface area contributed by atoms with E-state index in [1.54, 1.807) is 28.7 Å². The number of aromatic nitrogens is 3. The molecule has 0 N–H and O–H groups in total. The Morgan fingerprint density at radius 3 is 2.59 bits per heavy atom. The van der Waals surface area contributed by atoms with Crippen LogP contribution in [0.25, 0.3) is 11.0 Å². The molecule has 0 radical (unpaired) electrons. The maximum absolute atomic E-state index is 13.0. The lowest BCUT2D eigenvalue weighted by Crippen LogP contribution is -2.35. The molecule has 0 saturated carbocycles. The Kier molecular flexibility index (Phi) is 6.57. The molecule has 1 aliphatic rings. The summed E-state index contributed by atoms with van der Waals surface area (Å²) in [5.41, 5.74) is 3.08. The van der Waals surface area contributed by atoms with Crippen molar-refractivity contribution >= 4 is 27.0 Å². The molecule has 1 aliphatic heterocycles. The first kappa shape index (κ1) is 22.4. The number of aryl methyl sites for hydroxylation is 2. The number of piperidine rings is 1. The molecule has 0 unspecified atom stereocenters. The number of fused-ring (bicyclic) bond motifs is 1. The van der Waals surface area contributed by atoms with Crippen molar-refractivity contribution in [1.82, 2.24) is 18.8 Å². The minimum absolute atomic E-state index is 0.0227. The highest BCUT2D eigenvalue weighted by Crippen LogP contribution is 2.25. The highest BCUT2D eigenvalue weighted by molar-refractivity contribution is 7.89. The molecule has 0 aliphatic carbocycles. The smallest absolute Gasteiger partial charge is 0.310 e. The number of rotatable bonds is 7. The van der Waals surface area contributed by atoms with Gasteiger partial charge in [-0.05, 0) is 56.5 Å². The molecule has 170 valence electrons. The Morgan fingerprint density at radius 2 is 1.91 bits per heavy atom. The fraction of sp³-hybridized carbons (Fsp3) is 0.435. The maximum atomic E-state index is 13.0. The van der Waals surface area contributed by atoms with Gasteiger partial charge in [0.15, 0.2) is 0 Å². The molecule has 4 rings (SSSR count). The van der Waals surface area contributed by atoms with E-state index >= 15 is 0 Å². The number of hydrogen-bond acceptors (Lipinski definition) is 6. The van der Waals surface area contributed by atoms with Crippen molar-refractivity contribution in [3.63, 3.8) is 0 Å². The molecule has 0 amide bonds. The predicted molar refractivity (Wildman–Crippen MR) is 120 cm³/mol. The van der Waals surface area contributed by atoms with E-state index < -0.39 is 10.0 Å².